The highest BCUT2D eigenvalue weighted by molar-refractivity contribution is 5.47. The molecule has 0 aliphatic heterocycles. The van der Waals surface area contributed by atoms with Gasteiger partial charge in [0.2, 0.25) is 0 Å². The van der Waals surface area contributed by atoms with Crippen molar-refractivity contribution in [3.05, 3.63) is 6.08 Å². The second-order valence-corrected chi connectivity index (χ2v) is 1.92. The first-order valence-corrected chi connectivity index (χ1v) is 2.01. The van der Waals surface area contributed by atoms with Gasteiger partial charge in [0.15, 0.2) is 0 Å². The molecule has 0 aliphatic rings. The van der Waals surface area contributed by atoms with E-state index in [4.69, 9.17) is 5.11 Å². The van der Waals surface area contributed by atoms with Crippen molar-refractivity contribution in [2.24, 2.45) is 0 Å². The van der Waals surface area contributed by atoms with Crippen molar-refractivity contribution in [3.63, 3.8) is 0 Å². The minimum Gasteiger partial charge on any atom is -0.386 e. The fourth-order valence-electron chi connectivity index (χ4n) is 0.144. The number of hydrogen-bond donors (Lipinski definition) is 1. The van der Waals surface area contributed by atoms with Gasteiger partial charge >= 0.3 is 0 Å². The van der Waals surface area contributed by atoms with E-state index in [1.165, 1.54) is 19.8 Å². The fourth-order valence-corrected chi connectivity index (χ4v) is 0.144. The monoisotopic (exact) mass is 100 g/mol. The van der Waals surface area contributed by atoms with Crippen LogP contribution in [0.2, 0.25) is 0 Å². The lowest BCUT2D eigenvalue weighted by Gasteiger charge is -2.05. The van der Waals surface area contributed by atoms with E-state index in [0.29, 0.717) is 0 Å². The molecule has 40 valence electrons. The molecule has 0 unspecified atom stereocenters. The topological polar surface area (TPSA) is 37.3 Å². The van der Waals surface area contributed by atoms with Crippen LogP contribution >= 0.6 is 0 Å². The van der Waals surface area contributed by atoms with E-state index in [0.717, 1.165) is 6.08 Å². The van der Waals surface area contributed by atoms with Crippen molar-refractivity contribution in [3.8, 4) is 0 Å². The third-order valence-electron chi connectivity index (χ3n) is 0.412. The Hall–Kier alpha value is -0.590. The minimum atomic E-state index is -0.998. The lowest BCUT2D eigenvalue weighted by molar-refractivity contribution is 0.134. The van der Waals surface area contributed by atoms with Crippen molar-refractivity contribution in [2.45, 2.75) is 19.4 Å². The molecule has 0 fully saturated rings. The summed E-state index contributed by atoms with van der Waals surface area (Å²) in [6, 6.07) is 0. The molecule has 1 N–H and O–H groups in total. The number of aliphatic hydroxyl groups is 1. The number of rotatable bonds is 1. The Morgan fingerprint density at radius 2 is 2.14 bits per heavy atom. The SMILES string of the molecule is CC(C)(O)C=C=O. The summed E-state index contributed by atoms with van der Waals surface area (Å²) in [5.41, 5.74) is -0.998. The van der Waals surface area contributed by atoms with Gasteiger partial charge in [0.1, 0.15) is 5.94 Å². The van der Waals surface area contributed by atoms with Crippen LogP contribution in [-0.4, -0.2) is 16.6 Å². The van der Waals surface area contributed by atoms with Gasteiger partial charge in [0.25, 0.3) is 0 Å². The maximum absolute atomic E-state index is 9.48. The predicted octanol–water partition coefficient (Wildman–Crippen LogP) is 0.145. The molecule has 2 nitrogen and oxygen atoms in total. The zero-order chi connectivity index (χ0) is 5.91. The van der Waals surface area contributed by atoms with Crippen LogP contribution in [0, 0.1) is 0 Å². The van der Waals surface area contributed by atoms with Crippen LogP contribution in [0.25, 0.3) is 0 Å². The van der Waals surface area contributed by atoms with Crippen molar-refractivity contribution in [2.75, 3.05) is 0 Å². The molecule has 0 rings (SSSR count). The highest BCUT2D eigenvalue weighted by Gasteiger charge is 2.05. The van der Waals surface area contributed by atoms with Crippen LogP contribution in [0.3, 0.4) is 0 Å². The van der Waals surface area contributed by atoms with Gasteiger partial charge in [0.05, 0.1) is 5.60 Å². The summed E-state index contributed by atoms with van der Waals surface area (Å²) in [5, 5.41) is 8.70. The Kier molecular flexibility index (Phi) is 1.75. The summed E-state index contributed by atoms with van der Waals surface area (Å²) in [5.74, 6) is 1.48. The second-order valence-electron chi connectivity index (χ2n) is 1.92. The van der Waals surface area contributed by atoms with Crippen LogP contribution in [0.4, 0.5) is 0 Å². The molecule has 2 heteroatoms. The van der Waals surface area contributed by atoms with Gasteiger partial charge in [0, 0.05) is 6.08 Å². The fraction of sp³-hybridized carbons (Fsp3) is 0.600. The Labute approximate surface area is 42.5 Å². The van der Waals surface area contributed by atoms with Gasteiger partial charge in [-0.1, -0.05) is 0 Å². The molecule has 7 heavy (non-hydrogen) atoms. The largest absolute Gasteiger partial charge is 0.386 e. The smallest absolute Gasteiger partial charge is 0.123 e. The third kappa shape index (κ3) is 5.41. The average molecular weight is 100 g/mol. The van der Waals surface area contributed by atoms with E-state index in [9.17, 15) is 4.79 Å². The van der Waals surface area contributed by atoms with Gasteiger partial charge in [-0.15, -0.1) is 0 Å². The van der Waals surface area contributed by atoms with Crippen molar-refractivity contribution >= 4 is 5.94 Å². The maximum atomic E-state index is 9.48. The van der Waals surface area contributed by atoms with Crippen molar-refractivity contribution in [1.82, 2.24) is 0 Å². The summed E-state index contributed by atoms with van der Waals surface area (Å²) < 4.78 is 0. The van der Waals surface area contributed by atoms with Crippen LogP contribution < -0.4 is 0 Å². The van der Waals surface area contributed by atoms with Gasteiger partial charge < -0.3 is 5.11 Å². The summed E-state index contributed by atoms with van der Waals surface area (Å²) in [7, 11) is 0. The molecule has 0 amide bonds. The van der Waals surface area contributed by atoms with E-state index in [-0.39, 0.29) is 0 Å². The average Bonchev–Trinajstić information content (AvgIpc) is 1.30. The van der Waals surface area contributed by atoms with Gasteiger partial charge in [-0.25, -0.2) is 4.79 Å². The molecule has 0 aromatic rings. The Bertz CT molecular complexity index is 93.1. The first kappa shape index (κ1) is 6.41. The van der Waals surface area contributed by atoms with Gasteiger partial charge in [-0.05, 0) is 13.8 Å². The lowest BCUT2D eigenvalue weighted by atomic mass is 10.1. The highest BCUT2D eigenvalue weighted by atomic mass is 16.3. The van der Waals surface area contributed by atoms with Gasteiger partial charge in [-0.2, -0.15) is 0 Å². The quantitative estimate of drug-likeness (QED) is 0.476. The summed E-state index contributed by atoms with van der Waals surface area (Å²) in [4.78, 5) is 9.48. The maximum Gasteiger partial charge on any atom is 0.123 e. The van der Waals surface area contributed by atoms with Crippen molar-refractivity contribution in [1.29, 1.82) is 0 Å². The molecule has 0 aromatic carbocycles. The first-order chi connectivity index (χ1) is 3.06. The van der Waals surface area contributed by atoms with E-state index in [1.807, 2.05) is 0 Å². The minimum absolute atomic E-state index is 0.998. The summed E-state index contributed by atoms with van der Waals surface area (Å²) in [6.07, 6.45) is 1.06. The van der Waals surface area contributed by atoms with E-state index in [1.54, 1.807) is 0 Å². The first-order valence-electron chi connectivity index (χ1n) is 2.01. The molecule has 0 saturated carbocycles. The van der Waals surface area contributed by atoms with Crippen molar-refractivity contribution < 1.29 is 9.90 Å². The Morgan fingerprint density at radius 1 is 1.71 bits per heavy atom. The lowest BCUT2D eigenvalue weighted by Crippen LogP contribution is -2.13. The van der Waals surface area contributed by atoms with Crippen LogP contribution in [0.15, 0.2) is 6.08 Å². The van der Waals surface area contributed by atoms with E-state index in [2.05, 4.69) is 0 Å². The Morgan fingerprint density at radius 3 is 2.14 bits per heavy atom. The van der Waals surface area contributed by atoms with Crippen LogP contribution in [-0.2, 0) is 4.79 Å². The number of carbonyl (C=O) groups excluding carboxylic acids is 1. The molecule has 0 saturated heterocycles. The summed E-state index contributed by atoms with van der Waals surface area (Å²) in [6.45, 7) is 3.02. The molecule has 0 spiro atoms. The third-order valence-corrected chi connectivity index (χ3v) is 0.412. The molecule has 0 radical (unpaired) electrons. The number of hydrogen-bond acceptors (Lipinski definition) is 2. The predicted molar refractivity (Wildman–Crippen MR) is 26.6 cm³/mol. The van der Waals surface area contributed by atoms with Crippen LogP contribution in [0.1, 0.15) is 13.8 Å². The zero-order valence-corrected chi connectivity index (χ0v) is 4.43. The molecule has 0 heterocycles. The summed E-state index contributed by atoms with van der Waals surface area (Å²) >= 11 is 0. The standard InChI is InChI=1S/C5H8O2/c1-5(2,7)3-4-6/h3,7H,1-2H3. The molecular weight excluding hydrogens is 92.1 g/mol. The van der Waals surface area contributed by atoms with Crippen LogP contribution in [0.5, 0.6) is 0 Å². The Balaban J connectivity index is 3.80. The highest BCUT2D eigenvalue weighted by Crippen LogP contribution is 1.97. The van der Waals surface area contributed by atoms with E-state index < -0.39 is 5.60 Å². The zero-order valence-electron chi connectivity index (χ0n) is 4.43. The molecule has 0 atom stereocenters. The normalized spacial score (nSPS) is 10.1. The molecular formula is C5H8O2. The van der Waals surface area contributed by atoms with Gasteiger partial charge in [-0.3, -0.25) is 0 Å². The van der Waals surface area contributed by atoms with E-state index >= 15 is 0 Å². The molecule has 0 aliphatic carbocycles. The second kappa shape index (κ2) is 1.92. The molecule has 0 aromatic heterocycles. The molecule has 0 bridgehead atoms.